The number of nitrogens with zero attached hydrogens (tertiary/aromatic N) is 2. The highest BCUT2D eigenvalue weighted by molar-refractivity contribution is 6.22. The van der Waals surface area contributed by atoms with E-state index in [2.05, 4.69) is 4.99 Å². The smallest absolute Gasteiger partial charge is 0.261 e. The third-order valence-electron chi connectivity index (χ3n) is 4.58. The Balaban J connectivity index is 1.66. The Hall–Kier alpha value is -2.34. The van der Waals surface area contributed by atoms with Gasteiger partial charge in [-0.15, -0.1) is 0 Å². The summed E-state index contributed by atoms with van der Waals surface area (Å²) in [5.41, 5.74) is 0.604. The molecular formula is C20H26N2O4. The summed E-state index contributed by atoms with van der Waals surface area (Å²) in [6.45, 7) is 8.94. The van der Waals surface area contributed by atoms with E-state index in [0.29, 0.717) is 31.0 Å². The summed E-state index contributed by atoms with van der Waals surface area (Å²) >= 11 is 0. The summed E-state index contributed by atoms with van der Waals surface area (Å²) in [5, 5.41) is 10.5. The summed E-state index contributed by atoms with van der Waals surface area (Å²) in [5.74, 6) is 0.632. The van der Waals surface area contributed by atoms with Gasteiger partial charge in [-0.2, -0.15) is 0 Å². The van der Waals surface area contributed by atoms with E-state index in [1.165, 1.54) is 0 Å². The van der Waals surface area contributed by atoms with Gasteiger partial charge in [0.25, 0.3) is 5.91 Å². The lowest BCUT2D eigenvalue weighted by Crippen LogP contribution is -2.45. The fourth-order valence-corrected chi connectivity index (χ4v) is 3.35. The van der Waals surface area contributed by atoms with Crippen LogP contribution >= 0.6 is 0 Å². The van der Waals surface area contributed by atoms with Crippen LogP contribution in [0.1, 0.15) is 27.7 Å². The molecule has 1 aromatic rings. The number of aliphatic imine (C=N–C) groups is 1. The zero-order valence-electron chi connectivity index (χ0n) is 15.7. The van der Waals surface area contributed by atoms with Gasteiger partial charge in [-0.3, -0.25) is 14.7 Å². The Kier molecular flexibility index (Phi) is 5.05. The number of amides is 1. The van der Waals surface area contributed by atoms with Crippen LogP contribution in [0.4, 0.5) is 0 Å². The summed E-state index contributed by atoms with van der Waals surface area (Å²) in [7, 11) is 0. The molecule has 0 bridgehead atoms. The highest BCUT2D eigenvalue weighted by Crippen LogP contribution is 2.39. The van der Waals surface area contributed by atoms with Crippen LogP contribution in [0.2, 0.25) is 0 Å². The highest BCUT2D eigenvalue weighted by atomic mass is 16.5. The van der Waals surface area contributed by atoms with Crippen LogP contribution in [0, 0.1) is 5.41 Å². The molecule has 0 aromatic heterocycles. The van der Waals surface area contributed by atoms with E-state index in [9.17, 15) is 9.90 Å². The maximum absolute atomic E-state index is 12.9. The molecule has 0 saturated carbocycles. The number of aliphatic hydroxyl groups excluding tert-OH is 1. The molecule has 140 valence electrons. The van der Waals surface area contributed by atoms with Crippen molar-refractivity contribution in [2.45, 2.75) is 40.0 Å². The highest BCUT2D eigenvalue weighted by Gasteiger charge is 2.52. The molecule has 0 radical (unpaired) electrons. The van der Waals surface area contributed by atoms with E-state index in [-0.39, 0.29) is 23.3 Å². The number of fused-ring (bicyclic) bond motifs is 1. The van der Waals surface area contributed by atoms with Gasteiger partial charge in [0.05, 0.1) is 13.2 Å². The zero-order valence-corrected chi connectivity index (χ0v) is 15.7. The van der Waals surface area contributed by atoms with E-state index < -0.39 is 6.04 Å². The average Bonchev–Trinajstić information content (AvgIpc) is 3.13. The van der Waals surface area contributed by atoms with Crippen molar-refractivity contribution in [2.24, 2.45) is 10.4 Å². The first kappa shape index (κ1) is 18.5. The van der Waals surface area contributed by atoms with E-state index in [1.807, 2.05) is 51.1 Å². The summed E-state index contributed by atoms with van der Waals surface area (Å²) in [4.78, 5) is 18.9. The molecule has 1 fully saturated rings. The number of carbonyl (C=O) groups excluding carboxylic acids is 1. The molecule has 26 heavy (non-hydrogen) atoms. The molecule has 2 aliphatic rings. The number of rotatable bonds is 5. The van der Waals surface area contributed by atoms with Crippen molar-refractivity contribution in [3.05, 3.63) is 41.7 Å². The van der Waals surface area contributed by atoms with Gasteiger partial charge in [-0.1, -0.05) is 39.0 Å². The van der Waals surface area contributed by atoms with Gasteiger partial charge >= 0.3 is 0 Å². The van der Waals surface area contributed by atoms with Crippen molar-refractivity contribution in [1.82, 2.24) is 4.90 Å². The van der Waals surface area contributed by atoms with Crippen molar-refractivity contribution in [2.75, 3.05) is 19.8 Å². The van der Waals surface area contributed by atoms with E-state index in [0.717, 1.165) is 5.75 Å². The normalized spacial score (nSPS) is 23.6. The lowest BCUT2D eigenvalue weighted by molar-refractivity contribution is -0.137. The van der Waals surface area contributed by atoms with E-state index >= 15 is 0 Å². The van der Waals surface area contributed by atoms with Crippen LogP contribution in [0.3, 0.4) is 0 Å². The van der Waals surface area contributed by atoms with E-state index in [4.69, 9.17) is 9.47 Å². The number of benzene rings is 1. The lowest BCUT2D eigenvalue weighted by atomic mass is 9.93. The van der Waals surface area contributed by atoms with Crippen LogP contribution in [0.25, 0.3) is 0 Å². The molecule has 0 aliphatic carbocycles. The van der Waals surface area contributed by atoms with Crippen LogP contribution < -0.4 is 4.74 Å². The minimum atomic E-state index is -0.410. The molecule has 3 rings (SSSR count). The molecule has 1 amide bonds. The quantitative estimate of drug-likeness (QED) is 0.649. The van der Waals surface area contributed by atoms with Gasteiger partial charge in [0, 0.05) is 11.1 Å². The largest absolute Gasteiger partial charge is 0.509 e. The second-order valence-electron chi connectivity index (χ2n) is 7.67. The molecule has 0 spiro atoms. The maximum Gasteiger partial charge on any atom is 0.261 e. The predicted octanol–water partition coefficient (Wildman–Crippen LogP) is 2.95. The number of ether oxygens (including phenoxy) is 2. The lowest BCUT2D eigenvalue weighted by Gasteiger charge is -2.33. The first-order chi connectivity index (χ1) is 12.3. The van der Waals surface area contributed by atoms with Gasteiger partial charge in [-0.05, 0) is 19.1 Å². The summed E-state index contributed by atoms with van der Waals surface area (Å²) in [6.07, 6.45) is -0.353. The summed E-state index contributed by atoms with van der Waals surface area (Å²) in [6, 6.07) is 9.10. The van der Waals surface area contributed by atoms with Crippen molar-refractivity contribution < 1.29 is 19.4 Å². The van der Waals surface area contributed by atoms with E-state index in [1.54, 1.807) is 11.8 Å². The van der Waals surface area contributed by atoms with Gasteiger partial charge in [0.1, 0.15) is 36.0 Å². The topological polar surface area (TPSA) is 71.4 Å². The van der Waals surface area contributed by atoms with Crippen molar-refractivity contribution in [1.29, 1.82) is 0 Å². The second-order valence-corrected chi connectivity index (χ2v) is 7.67. The average molecular weight is 358 g/mol. The molecule has 2 aliphatic heterocycles. The monoisotopic (exact) mass is 358 g/mol. The first-order valence-electron chi connectivity index (χ1n) is 8.87. The minimum Gasteiger partial charge on any atom is -0.509 e. The van der Waals surface area contributed by atoms with Gasteiger partial charge in [0.15, 0.2) is 0 Å². The molecule has 1 aromatic carbocycles. The van der Waals surface area contributed by atoms with Crippen LogP contribution in [-0.4, -0.2) is 53.7 Å². The van der Waals surface area contributed by atoms with Crippen LogP contribution in [0.5, 0.6) is 5.75 Å². The number of hydrogen-bond donors (Lipinski definition) is 1. The number of hydrogen-bond acceptors (Lipinski definition) is 5. The molecular weight excluding hydrogens is 332 g/mol. The Morgan fingerprint density at radius 1 is 1.35 bits per heavy atom. The minimum absolute atomic E-state index is 0.0620. The Labute approximate surface area is 154 Å². The molecule has 0 unspecified atom stereocenters. The maximum atomic E-state index is 12.9. The van der Waals surface area contributed by atoms with Gasteiger partial charge in [-0.25, -0.2) is 0 Å². The van der Waals surface area contributed by atoms with Crippen molar-refractivity contribution in [3.8, 4) is 5.75 Å². The fourth-order valence-electron chi connectivity index (χ4n) is 3.35. The number of aliphatic hydroxyl groups is 1. The van der Waals surface area contributed by atoms with Crippen LogP contribution in [0.15, 0.2) is 46.7 Å². The zero-order chi connectivity index (χ0) is 18.9. The Bertz CT molecular complexity index is 734. The predicted molar refractivity (Wildman–Crippen MR) is 99.4 cm³/mol. The fraction of sp³-hybridized carbons (Fsp3) is 0.500. The van der Waals surface area contributed by atoms with Gasteiger partial charge in [0.2, 0.25) is 0 Å². The van der Waals surface area contributed by atoms with Crippen LogP contribution in [-0.2, 0) is 9.53 Å². The van der Waals surface area contributed by atoms with Gasteiger partial charge < -0.3 is 14.6 Å². The second kappa shape index (κ2) is 7.11. The third-order valence-corrected chi connectivity index (χ3v) is 4.58. The SMILES string of the molecule is CC(=NCCOc1ccccc1)C1=C(O)[C@@H]2CO[C@@H](C(C)(C)C)N2C1=O. The summed E-state index contributed by atoms with van der Waals surface area (Å²) < 4.78 is 11.4. The standard InChI is InChI=1S/C20H26N2O4/c1-13(21-10-11-25-14-8-6-5-7-9-14)16-17(23)15-12-26-19(20(2,3)4)22(15)18(16)24/h5-9,15,19,23H,10-12H2,1-4H3/t15-,19-/m0/s1. The third kappa shape index (κ3) is 3.46. The molecule has 2 heterocycles. The number of para-hydroxylation sites is 1. The molecule has 1 saturated heterocycles. The molecule has 1 N–H and O–H groups in total. The van der Waals surface area contributed by atoms with Crippen molar-refractivity contribution >= 4 is 11.6 Å². The number of carbonyl (C=O) groups is 1. The molecule has 6 heteroatoms. The van der Waals surface area contributed by atoms with Crippen molar-refractivity contribution in [3.63, 3.8) is 0 Å². The Morgan fingerprint density at radius 3 is 2.69 bits per heavy atom. The molecule has 6 nitrogen and oxygen atoms in total. The first-order valence-corrected chi connectivity index (χ1v) is 8.87. The molecule has 2 atom stereocenters. The Morgan fingerprint density at radius 2 is 2.04 bits per heavy atom.